The van der Waals surface area contributed by atoms with E-state index in [0.29, 0.717) is 31.5 Å². The standard InChI is InChI=1S/C23H26ClF3N2O3/c1-22(2,3)32-21(30)29-13-11-16(12-14-29)20(31-19-6-4-5-18(24)28-19)15-7-9-17(10-8-15)23(25,26)27/h4-10,16,20H,11-14H2,1-3H3. The van der Waals surface area contributed by atoms with E-state index in [-0.39, 0.29) is 23.0 Å². The average molecular weight is 471 g/mol. The molecule has 1 saturated heterocycles. The number of nitrogens with zero attached hydrogens (tertiary/aromatic N) is 2. The van der Waals surface area contributed by atoms with Gasteiger partial charge in [0.15, 0.2) is 0 Å². The fourth-order valence-electron chi connectivity index (χ4n) is 3.59. The largest absolute Gasteiger partial charge is 0.469 e. The summed E-state index contributed by atoms with van der Waals surface area (Å²) in [4.78, 5) is 18.2. The number of piperidine rings is 1. The second-order valence-corrected chi connectivity index (χ2v) is 9.15. The molecule has 1 unspecified atom stereocenters. The number of alkyl halides is 3. The van der Waals surface area contributed by atoms with Gasteiger partial charge in [0.2, 0.25) is 5.88 Å². The maximum Gasteiger partial charge on any atom is 0.416 e. The van der Waals surface area contributed by atoms with Crippen LogP contribution in [0.2, 0.25) is 5.15 Å². The minimum Gasteiger partial charge on any atom is -0.469 e. The molecule has 1 aliphatic heterocycles. The van der Waals surface area contributed by atoms with E-state index in [1.54, 1.807) is 23.1 Å². The van der Waals surface area contributed by atoms with Crippen molar-refractivity contribution in [3.8, 4) is 5.88 Å². The van der Waals surface area contributed by atoms with Crippen molar-refractivity contribution in [1.29, 1.82) is 0 Å². The van der Waals surface area contributed by atoms with Crippen molar-refractivity contribution in [2.45, 2.75) is 51.5 Å². The summed E-state index contributed by atoms with van der Waals surface area (Å²) in [5.74, 6) is 0.253. The Morgan fingerprint density at radius 2 is 1.72 bits per heavy atom. The molecule has 1 amide bonds. The Labute approximate surface area is 190 Å². The van der Waals surface area contributed by atoms with Gasteiger partial charge in [0.05, 0.1) is 5.56 Å². The van der Waals surface area contributed by atoms with Crippen LogP contribution in [0.3, 0.4) is 0 Å². The van der Waals surface area contributed by atoms with Crippen molar-refractivity contribution in [3.63, 3.8) is 0 Å². The van der Waals surface area contributed by atoms with Gasteiger partial charge in [-0.1, -0.05) is 29.8 Å². The zero-order valence-corrected chi connectivity index (χ0v) is 18.9. The Morgan fingerprint density at radius 1 is 1.09 bits per heavy atom. The third kappa shape index (κ3) is 6.51. The van der Waals surface area contributed by atoms with Gasteiger partial charge in [-0.2, -0.15) is 13.2 Å². The van der Waals surface area contributed by atoms with Gasteiger partial charge in [-0.05, 0) is 57.4 Å². The average Bonchev–Trinajstić information content (AvgIpc) is 2.70. The number of carbonyl (C=O) groups excluding carboxylic acids is 1. The predicted octanol–water partition coefficient (Wildman–Crippen LogP) is 6.52. The summed E-state index contributed by atoms with van der Waals surface area (Å²) < 4.78 is 50.5. The van der Waals surface area contributed by atoms with Crippen LogP contribution in [0.25, 0.3) is 0 Å². The molecule has 3 rings (SSSR count). The number of pyridine rings is 1. The van der Waals surface area contributed by atoms with Crippen LogP contribution in [0, 0.1) is 5.92 Å². The second-order valence-electron chi connectivity index (χ2n) is 8.76. The Kier molecular flexibility index (Phi) is 7.22. The summed E-state index contributed by atoms with van der Waals surface area (Å²) in [6, 6.07) is 9.91. The van der Waals surface area contributed by atoms with Crippen molar-refractivity contribution >= 4 is 17.7 Å². The van der Waals surface area contributed by atoms with Crippen LogP contribution in [0.5, 0.6) is 5.88 Å². The van der Waals surface area contributed by atoms with Crippen LogP contribution in [0.15, 0.2) is 42.5 Å². The molecule has 0 radical (unpaired) electrons. The number of benzene rings is 1. The molecule has 0 saturated carbocycles. The maximum absolute atomic E-state index is 13.0. The molecule has 1 aromatic heterocycles. The van der Waals surface area contributed by atoms with Crippen LogP contribution in [0.1, 0.15) is 50.8 Å². The highest BCUT2D eigenvalue weighted by Gasteiger charge is 2.34. The lowest BCUT2D eigenvalue weighted by molar-refractivity contribution is -0.137. The number of hydrogen-bond acceptors (Lipinski definition) is 4. The summed E-state index contributed by atoms with van der Waals surface area (Å²) in [6.45, 7) is 6.35. The Balaban J connectivity index is 1.78. The van der Waals surface area contributed by atoms with Crippen LogP contribution in [-0.4, -0.2) is 34.7 Å². The minimum absolute atomic E-state index is 0.0359. The number of carbonyl (C=O) groups is 1. The molecule has 2 aromatic rings. The molecule has 0 aliphatic carbocycles. The number of halogens is 4. The topological polar surface area (TPSA) is 51.7 Å². The molecule has 0 N–H and O–H groups in total. The summed E-state index contributed by atoms with van der Waals surface area (Å²) in [5.41, 5.74) is -0.700. The highest BCUT2D eigenvalue weighted by atomic mass is 35.5. The summed E-state index contributed by atoms with van der Waals surface area (Å²) in [7, 11) is 0. The SMILES string of the molecule is CC(C)(C)OC(=O)N1CCC(C(Oc2cccc(Cl)n2)c2ccc(C(F)(F)F)cc2)CC1. The number of ether oxygens (including phenoxy) is 2. The van der Waals surface area contributed by atoms with E-state index < -0.39 is 23.4 Å². The molecular formula is C23H26ClF3N2O3. The zero-order chi connectivity index (χ0) is 23.5. The summed E-state index contributed by atoms with van der Waals surface area (Å²) in [5, 5.41) is 0.258. The molecular weight excluding hydrogens is 445 g/mol. The number of amides is 1. The number of rotatable bonds is 4. The van der Waals surface area contributed by atoms with Gasteiger partial charge in [0, 0.05) is 25.1 Å². The Hall–Kier alpha value is -2.48. The Morgan fingerprint density at radius 3 is 2.25 bits per heavy atom. The van der Waals surface area contributed by atoms with E-state index in [0.717, 1.165) is 12.1 Å². The van der Waals surface area contributed by atoms with E-state index >= 15 is 0 Å². The molecule has 1 atom stereocenters. The highest BCUT2D eigenvalue weighted by molar-refractivity contribution is 6.29. The first-order chi connectivity index (χ1) is 14.9. The third-order valence-corrected chi connectivity index (χ3v) is 5.33. The minimum atomic E-state index is -4.41. The second kappa shape index (κ2) is 9.57. The summed E-state index contributed by atoms with van der Waals surface area (Å²) in [6.07, 6.45) is -4.12. The predicted molar refractivity (Wildman–Crippen MR) is 115 cm³/mol. The van der Waals surface area contributed by atoms with Gasteiger partial charge in [0.1, 0.15) is 16.9 Å². The molecule has 1 aliphatic rings. The number of aromatic nitrogens is 1. The van der Waals surface area contributed by atoms with Gasteiger partial charge in [-0.15, -0.1) is 0 Å². The van der Waals surface area contributed by atoms with Crippen LogP contribution >= 0.6 is 11.6 Å². The van der Waals surface area contributed by atoms with E-state index in [2.05, 4.69) is 4.98 Å². The first-order valence-corrected chi connectivity index (χ1v) is 10.7. The lowest BCUT2D eigenvalue weighted by Crippen LogP contribution is -2.43. The van der Waals surface area contributed by atoms with E-state index in [4.69, 9.17) is 21.1 Å². The number of likely N-dealkylation sites (tertiary alicyclic amines) is 1. The molecule has 5 nitrogen and oxygen atoms in total. The van der Waals surface area contributed by atoms with Crippen LogP contribution < -0.4 is 4.74 Å². The van der Waals surface area contributed by atoms with Gasteiger partial charge in [-0.25, -0.2) is 9.78 Å². The van der Waals surface area contributed by atoms with Crippen LogP contribution in [0.4, 0.5) is 18.0 Å². The molecule has 0 bridgehead atoms. The molecule has 1 fully saturated rings. The quantitative estimate of drug-likeness (QED) is 0.477. The van der Waals surface area contributed by atoms with Crippen molar-refractivity contribution < 1.29 is 27.4 Å². The monoisotopic (exact) mass is 470 g/mol. The maximum atomic E-state index is 13.0. The lowest BCUT2D eigenvalue weighted by Gasteiger charge is -2.36. The molecule has 1 aromatic carbocycles. The van der Waals surface area contributed by atoms with E-state index in [9.17, 15) is 18.0 Å². The molecule has 9 heteroatoms. The smallest absolute Gasteiger partial charge is 0.416 e. The molecule has 174 valence electrons. The molecule has 32 heavy (non-hydrogen) atoms. The first kappa shape index (κ1) is 24.2. The molecule has 0 spiro atoms. The fraction of sp³-hybridized carbons (Fsp3) is 0.478. The Bertz CT molecular complexity index is 921. The van der Waals surface area contributed by atoms with Gasteiger partial charge < -0.3 is 14.4 Å². The van der Waals surface area contributed by atoms with Crippen molar-refractivity contribution in [2.24, 2.45) is 5.92 Å². The van der Waals surface area contributed by atoms with Gasteiger partial charge in [-0.3, -0.25) is 0 Å². The normalized spacial score (nSPS) is 16.5. The zero-order valence-electron chi connectivity index (χ0n) is 18.2. The van der Waals surface area contributed by atoms with Gasteiger partial charge in [0.25, 0.3) is 0 Å². The van der Waals surface area contributed by atoms with Crippen LogP contribution in [-0.2, 0) is 10.9 Å². The lowest BCUT2D eigenvalue weighted by atomic mass is 9.87. The molecule has 2 heterocycles. The van der Waals surface area contributed by atoms with Crippen molar-refractivity contribution in [3.05, 3.63) is 58.7 Å². The van der Waals surface area contributed by atoms with Crippen molar-refractivity contribution in [2.75, 3.05) is 13.1 Å². The van der Waals surface area contributed by atoms with Crippen molar-refractivity contribution in [1.82, 2.24) is 9.88 Å². The highest BCUT2D eigenvalue weighted by Crippen LogP contribution is 2.37. The number of hydrogen-bond donors (Lipinski definition) is 0. The van der Waals surface area contributed by atoms with E-state index in [1.807, 2.05) is 20.8 Å². The summed E-state index contributed by atoms with van der Waals surface area (Å²) >= 11 is 5.96. The fourth-order valence-corrected chi connectivity index (χ4v) is 3.75. The third-order valence-electron chi connectivity index (χ3n) is 5.12. The first-order valence-electron chi connectivity index (χ1n) is 10.4. The van der Waals surface area contributed by atoms with E-state index in [1.165, 1.54) is 12.1 Å². The van der Waals surface area contributed by atoms with Gasteiger partial charge >= 0.3 is 12.3 Å².